The first-order chi connectivity index (χ1) is 13.4. The standard InChI is InChI=1S/C22H19F3N2O/c1-16-19(12-13-20(26-16)22(23,24)25)21(28)27(18-10-6-3-7-11-18)15-14-17-8-4-2-5-9-17/h2-13H,14-15H2,1H3. The number of alkyl halides is 3. The Labute approximate surface area is 161 Å². The molecule has 2 aromatic carbocycles. The van der Waals surface area contributed by atoms with Gasteiger partial charge < -0.3 is 4.90 Å². The van der Waals surface area contributed by atoms with Crippen molar-refractivity contribution >= 4 is 11.6 Å². The molecular weight excluding hydrogens is 365 g/mol. The molecule has 0 spiro atoms. The molecule has 3 rings (SSSR count). The van der Waals surface area contributed by atoms with Crippen molar-refractivity contribution in [3.63, 3.8) is 0 Å². The number of carbonyl (C=O) groups is 1. The number of amides is 1. The van der Waals surface area contributed by atoms with Crippen LogP contribution in [0.5, 0.6) is 0 Å². The zero-order chi connectivity index (χ0) is 20.1. The van der Waals surface area contributed by atoms with Crippen molar-refractivity contribution in [1.82, 2.24) is 4.98 Å². The Kier molecular flexibility index (Phi) is 5.78. The average Bonchev–Trinajstić information content (AvgIpc) is 2.69. The van der Waals surface area contributed by atoms with E-state index in [-0.39, 0.29) is 17.2 Å². The molecule has 0 bridgehead atoms. The summed E-state index contributed by atoms with van der Waals surface area (Å²) in [5, 5.41) is 0. The van der Waals surface area contributed by atoms with E-state index in [9.17, 15) is 18.0 Å². The molecule has 3 nitrogen and oxygen atoms in total. The molecular formula is C22H19F3N2O. The smallest absolute Gasteiger partial charge is 0.308 e. The van der Waals surface area contributed by atoms with Crippen LogP contribution >= 0.6 is 0 Å². The number of aromatic nitrogens is 1. The molecule has 0 aliphatic rings. The van der Waals surface area contributed by atoms with Crippen LogP contribution in [0, 0.1) is 6.92 Å². The van der Waals surface area contributed by atoms with Gasteiger partial charge in [-0.05, 0) is 43.2 Å². The van der Waals surface area contributed by atoms with Crippen LogP contribution in [-0.4, -0.2) is 17.4 Å². The third-order valence-electron chi connectivity index (χ3n) is 4.39. The van der Waals surface area contributed by atoms with E-state index in [1.807, 2.05) is 48.5 Å². The molecule has 0 saturated heterocycles. The van der Waals surface area contributed by atoms with Crippen LogP contribution in [-0.2, 0) is 12.6 Å². The van der Waals surface area contributed by atoms with Crippen molar-refractivity contribution < 1.29 is 18.0 Å². The second-order valence-corrected chi connectivity index (χ2v) is 6.36. The number of nitrogens with zero attached hydrogens (tertiary/aromatic N) is 2. The van der Waals surface area contributed by atoms with Crippen molar-refractivity contribution in [3.8, 4) is 0 Å². The summed E-state index contributed by atoms with van der Waals surface area (Å²) < 4.78 is 38.6. The maximum absolute atomic E-state index is 13.2. The minimum Gasteiger partial charge on any atom is -0.308 e. The predicted molar refractivity (Wildman–Crippen MR) is 102 cm³/mol. The van der Waals surface area contributed by atoms with E-state index in [1.165, 1.54) is 13.0 Å². The van der Waals surface area contributed by atoms with E-state index in [2.05, 4.69) is 4.98 Å². The minimum absolute atomic E-state index is 0.0560. The monoisotopic (exact) mass is 384 g/mol. The van der Waals surface area contributed by atoms with Crippen LogP contribution in [0.2, 0.25) is 0 Å². The molecule has 0 radical (unpaired) electrons. The van der Waals surface area contributed by atoms with Crippen molar-refractivity contribution in [2.45, 2.75) is 19.5 Å². The number of rotatable bonds is 5. The Morgan fingerprint density at radius 2 is 1.54 bits per heavy atom. The summed E-state index contributed by atoms with van der Waals surface area (Å²) in [5.74, 6) is -0.374. The summed E-state index contributed by atoms with van der Waals surface area (Å²) in [7, 11) is 0. The Bertz CT molecular complexity index is 941. The molecule has 1 heterocycles. The molecule has 28 heavy (non-hydrogen) atoms. The van der Waals surface area contributed by atoms with Gasteiger partial charge in [0, 0.05) is 12.2 Å². The highest BCUT2D eigenvalue weighted by Gasteiger charge is 2.33. The van der Waals surface area contributed by atoms with Crippen molar-refractivity contribution in [2.75, 3.05) is 11.4 Å². The van der Waals surface area contributed by atoms with E-state index < -0.39 is 11.9 Å². The number of pyridine rings is 1. The molecule has 0 N–H and O–H groups in total. The van der Waals surface area contributed by atoms with Gasteiger partial charge in [-0.25, -0.2) is 4.98 Å². The minimum atomic E-state index is -4.54. The normalized spacial score (nSPS) is 11.3. The van der Waals surface area contributed by atoms with Gasteiger partial charge in [0.15, 0.2) is 0 Å². The largest absolute Gasteiger partial charge is 0.433 e. The number of halogens is 3. The summed E-state index contributed by atoms with van der Waals surface area (Å²) in [4.78, 5) is 18.3. The molecule has 144 valence electrons. The first-order valence-corrected chi connectivity index (χ1v) is 8.82. The zero-order valence-electron chi connectivity index (χ0n) is 15.3. The summed E-state index contributed by atoms with van der Waals surface area (Å²) in [6.45, 7) is 1.82. The summed E-state index contributed by atoms with van der Waals surface area (Å²) in [6, 6.07) is 20.8. The maximum Gasteiger partial charge on any atom is 0.433 e. The summed E-state index contributed by atoms with van der Waals surface area (Å²) in [6.07, 6.45) is -3.92. The first kappa shape index (κ1) is 19.6. The van der Waals surface area contributed by atoms with Gasteiger partial charge in [0.1, 0.15) is 5.69 Å². The second kappa shape index (κ2) is 8.25. The maximum atomic E-state index is 13.2. The number of hydrogen-bond acceptors (Lipinski definition) is 2. The molecule has 0 saturated carbocycles. The Balaban J connectivity index is 1.90. The number of aryl methyl sites for hydroxylation is 1. The van der Waals surface area contributed by atoms with Crippen LogP contribution in [0.4, 0.5) is 18.9 Å². The molecule has 3 aromatic rings. The van der Waals surface area contributed by atoms with E-state index >= 15 is 0 Å². The van der Waals surface area contributed by atoms with Gasteiger partial charge in [-0.3, -0.25) is 4.79 Å². The van der Waals surface area contributed by atoms with Crippen molar-refractivity contribution in [2.24, 2.45) is 0 Å². The summed E-state index contributed by atoms with van der Waals surface area (Å²) in [5.41, 5.74) is 0.962. The van der Waals surface area contributed by atoms with Crippen LogP contribution in [0.3, 0.4) is 0 Å². The number of para-hydroxylation sites is 1. The Morgan fingerprint density at radius 3 is 2.11 bits per heavy atom. The second-order valence-electron chi connectivity index (χ2n) is 6.36. The van der Waals surface area contributed by atoms with Crippen molar-refractivity contribution in [1.29, 1.82) is 0 Å². The van der Waals surface area contributed by atoms with Gasteiger partial charge in [-0.15, -0.1) is 0 Å². The van der Waals surface area contributed by atoms with E-state index in [1.54, 1.807) is 17.0 Å². The predicted octanol–water partition coefficient (Wildman–Crippen LogP) is 5.30. The van der Waals surface area contributed by atoms with Gasteiger partial charge in [0.2, 0.25) is 0 Å². The van der Waals surface area contributed by atoms with Gasteiger partial charge >= 0.3 is 6.18 Å². The Morgan fingerprint density at radius 1 is 0.929 bits per heavy atom. The third-order valence-corrected chi connectivity index (χ3v) is 4.39. The lowest BCUT2D eigenvalue weighted by Crippen LogP contribution is -2.33. The highest BCUT2D eigenvalue weighted by Crippen LogP contribution is 2.28. The van der Waals surface area contributed by atoms with Crippen LogP contribution in [0.25, 0.3) is 0 Å². The fourth-order valence-corrected chi connectivity index (χ4v) is 2.93. The van der Waals surface area contributed by atoms with Gasteiger partial charge in [0.05, 0.1) is 11.3 Å². The lowest BCUT2D eigenvalue weighted by Gasteiger charge is -2.24. The average molecular weight is 384 g/mol. The number of hydrogen-bond donors (Lipinski definition) is 0. The van der Waals surface area contributed by atoms with Crippen molar-refractivity contribution in [3.05, 3.63) is 95.3 Å². The molecule has 0 fully saturated rings. The van der Waals surface area contributed by atoms with Gasteiger partial charge in [-0.1, -0.05) is 48.5 Å². The molecule has 0 aliphatic heterocycles. The first-order valence-electron chi connectivity index (χ1n) is 8.82. The van der Waals surface area contributed by atoms with Gasteiger partial charge in [0.25, 0.3) is 5.91 Å². The fourth-order valence-electron chi connectivity index (χ4n) is 2.93. The van der Waals surface area contributed by atoms with Crippen LogP contribution in [0.1, 0.15) is 27.3 Å². The third kappa shape index (κ3) is 4.57. The Hall–Kier alpha value is -3.15. The molecule has 0 aliphatic carbocycles. The lowest BCUT2D eigenvalue weighted by molar-refractivity contribution is -0.141. The van der Waals surface area contributed by atoms with E-state index in [0.717, 1.165) is 11.6 Å². The molecule has 6 heteroatoms. The highest BCUT2D eigenvalue weighted by atomic mass is 19.4. The number of carbonyl (C=O) groups excluding carboxylic acids is 1. The fraction of sp³-hybridized carbons (Fsp3) is 0.182. The number of anilines is 1. The quantitative estimate of drug-likeness (QED) is 0.598. The van der Waals surface area contributed by atoms with E-state index in [0.29, 0.717) is 18.7 Å². The molecule has 1 amide bonds. The van der Waals surface area contributed by atoms with Crippen LogP contribution in [0.15, 0.2) is 72.8 Å². The highest BCUT2D eigenvalue weighted by molar-refractivity contribution is 6.06. The molecule has 0 unspecified atom stereocenters. The topological polar surface area (TPSA) is 33.2 Å². The lowest BCUT2D eigenvalue weighted by atomic mass is 10.1. The van der Waals surface area contributed by atoms with Gasteiger partial charge in [-0.2, -0.15) is 13.2 Å². The number of benzene rings is 2. The van der Waals surface area contributed by atoms with E-state index in [4.69, 9.17) is 0 Å². The summed E-state index contributed by atoms with van der Waals surface area (Å²) >= 11 is 0. The molecule has 0 atom stereocenters. The molecule has 1 aromatic heterocycles. The van der Waals surface area contributed by atoms with Crippen LogP contribution < -0.4 is 4.90 Å². The zero-order valence-corrected chi connectivity index (χ0v) is 15.3. The SMILES string of the molecule is Cc1nc(C(F)(F)F)ccc1C(=O)N(CCc1ccccc1)c1ccccc1.